The van der Waals surface area contributed by atoms with Gasteiger partial charge >= 0.3 is 0 Å². The van der Waals surface area contributed by atoms with Crippen LogP contribution in [0.2, 0.25) is 0 Å². The van der Waals surface area contributed by atoms with Gasteiger partial charge in [0.2, 0.25) is 0 Å². The third kappa shape index (κ3) is 2.75. The van der Waals surface area contributed by atoms with Gasteiger partial charge in [-0.05, 0) is 60.4 Å². The van der Waals surface area contributed by atoms with E-state index in [0.717, 1.165) is 73.9 Å². The highest BCUT2D eigenvalue weighted by Gasteiger charge is 2.22. The third-order valence-corrected chi connectivity index (χ3v) is 7.67. The topological polar surface area (TPSA) is 74.5 Å². The number of fused-ring (bicyclic) bond motifs is 4. The van der Waals surface area contributed by atoms with Crippen molar-refractivity contribution in [1.29, 1.82) is 5.26 Å². The molecule has 0 amide bonds. The first-order valence-electron chi connectivity index (χ1n) is 10.8. The van der Waals surface area contributed by atoms with Gasteiger partial charge in [-0.25, -0.2) is 0 Å². The molecule has 3 heterocycles. The molecule has 1 aliphatic carbocycles. The predicted octanol–water partition coefficient (Wildman–Crippen LogP) is 5.56. The molecule has 0 atom stereocenters. The van der Waals surface area contributed by atoms with Gasteiger partial charge in [-0.3, -0.25) is 9.48 Å². The maximum absolute atomic E-state index is 12.7. The van der Waals surface area contributed by atoms with Crippen LogP contribution in [-0.4, -0.2) is 14.8 Å². The van der Waals surface area contributed by atoms with Crippen molar-refractivity contribution < 1.29 is 0 Å². The van der Waals surface area contributed by atoms with Crippen molar-refractivity contribution in [3.05, 3.63) is 75.8 Å². The number of hydrogen-bond donors (Lipinski definition) is 1. The Morgan fingerprint density at radius 2 is 1.94 bits per heavy atom. The zero-order valence-electron chi connectivity index (χ0n) is 17.6. The summed E-state index contributed by atoms with van der Waals surface area (Å²) >= 11 is 1.62. The Morgan fingerprint density at radius 1 is 1.09 bits per heavy atom. The molecule has 0 saturated heterocycles. The lowest BCUT2D eigenvalue weighted by Crippen LogP contribution is -2.15. The van der Waals surface area contributed by atoms with Crippen LogP contribution in [0.15, 0.2) is 53.5 Å². The van der Waals surface area contributed by atoms with E-state index in [1.54, 1.807) is 11.3 Å². The number of nitrogens with one attached hydrogen (secondary N) is 1. The molecule has 1 aliphatic rings. The average molecular weight is 437 g/mol. The number of nitrogens with zero attached hydrogens (tertiary/aromatic N) is 3. The molecule has 6 rings (SSSR count). The summed E-state index contributed by atoms with van der Waals surface area (Å²) in [5.41, 5.74) is 5.93. The number of aromatic nitrogens is 3. The van der Waals surface area contributed by atoms with E-state index in [-0.39, 0.29) is 5.56 Å². The molecule has 156 valence electrons. The summed E-state index contributed by atoms with van der Waals surface area (Å²) < 4.78 is 2.93. The molecule has 0 unspecified atom stereocenters. The molecular formula is C26H20N4OS. The van der Waals surface area contributed by atoms with Crippen molar-refractivity contribution in [3.8, 4) is 27.8 Å². The van der Waals surface area contributed by atoms with Crippen molar-refractivity contribution in [1.82, 2.24) is 14.8 Å². The normalized spacial score (nSPS) is 13.4. The summed E-state index contributed by atoms with van der Waals surface area (Å²) in [4.78, 5) is 16.7. The van der Waals surface area contributed by atoms with Crippen molar-refractivity contribution in [2.75, 3.05) is 0 Å². The Morgan fingerprint density at radius 3 is 2.81 bits per heavy atom. The highest BCUT2D eigenvalue weighted by atomic mass is 32.1. The number of aryl methyl sites for hydroxylation is 3. The Kier molecular flexibility index (Phi) is 4.27. The molecular weight excluding hydrogens is 416 g/mol. The van der Waals surface area contributed by atoms with Crippen LogP contribution in [0.4, 0.5) is 0 Å². The monoisotopic (exact) mass is 436 g/mol. The maximum Gasteiger partial charge on any atom is 0.256 e. The minimum Gasteiger partial charge on any atom is -0.325 e. The zero-order chi connectivity index (χ0) is 21.8. The standard InChI is InChI=1S/C26H20N4OS/c1-30-24(25-20(13-27)17-7-3-5-9-23(17)32-25)21(14-28-30)15-10-11-18-19(12-15)16-6-2-4-8-22(16)29-26(18)31/h3,5,7,9-12,14H,2,4,6,8H2,1H3,(H,29,31). The second-order valence-electron chi connectivity index (χ2n) is 8.32. The van der Waals surface area contributed by atoms with Gasteiger partial charge in [-0.15, -0.1) is 11.3 Å². The van der Waals surface area contributed by atoms with Gasteiger partial charge in [-0.2, -0.15) is 10.4 Å². The summed E-state index contributed by atoms with van der Waals surface area (Å²) in [5, 5.41) is 17.2. The van der Waals surface area contributed by atoms with Crippen LogP contribution in [0.1, 0.15) is 29.7 Å². The van der Waals surface area contributed by atoms with Gasteiger partial charge in [0.25, 0.3) is 5.56 Å². The largest absolute Gasteiger partial charge is 0.325 e. The van der Waals surface area contributed by atoms with Gasteiger partial charge in [-0.1, -0.05) is 24.3 Å². The molecule has 0 fully saturated rings. The number of rotatable bonds is 2. The lowest BCUT2D eigenvalue weighted by Gasteiger charge is -2.18. The van der Waals surface area contributed by atoms with Gasteiger partial charge in [0, 0.05) is 33.8 Å². The fourth-order valence-electron chi connectivity index (χ4n) is 4.95. The van der Waals surface area contributed by atoms with Crippen LogP contribution in [0.3, 0.4) is 0 Å². The van der Waals surface area contributed by atoms with E-state index >= 15 is 0 Å². The van der Waals surface area contributed by atoms with Gasteiger partial charge in [0.15, 0.2) is 0 Å². The molecule has 0 radical (unpaired) electrons. The van der Waals surface area contributed by atoms with E-state index in [1.165, 1.54) is 5.56 Å². The minimum absolute atomic E-state index is 0.0186. The van der Waals surface area contributed by atoms with E-state index in [0.29, 0.717) is 5.56 Å². The molecule has 5 nitrogen and oxygen atoms in total. The maximum atomic E-state index is 12.7. The molecule has 0 spiro atoms. The van der Waals surface area contributed by atoms with Crippen LogP contribution in [0.5, 0.6) is 0 Å². The SMILES string of the molecule is Cn1ncc(-c2ccc3c(=O)[nH]c4c(c3c2)CCCC4)c1-c1sc2ccccc2c1C#N. The quantitative estimate of drug-likeness (QED) is 0.394. The highest BCUT2D eigenvalue weighted by Crippen LogP contribution is 2.42. The molecule has 5 aromatic rings. The molecule has 32 heavy (non-hydrogen) atoms. The Labute approximate surface area is 188 Å². The lowest BCUT2D eigenvalue weighted by atomic mass is 9.90. The molecule has 0 saturated carbocycles. The fourth-order valence-corrected chi connectivity index (χ4v) is 6.19. The van der Waals surface area contributed by atoms with Gasteiger partial charge in [0.05, 0.1) is 22.3 Å². The van der Waals surface area contributed by atoms with Crippen LogP contribution < -0.4 is 5.56 Å². The van der Waals surface area contributed by atoms with Crippen LogP contribution in [0, 0.1) is 11.3 Å². The average Bonchev–Trinajstić information content (AvgIpc) is 3.38. The van der Waals surface area contributed by atoms with E-state index in [9.17, 15) is 10.1 Å². The summed E-state index contributed by atoms with van der Waals surface area (Å²) in [5.74, 6) is 0. The molecule has 6 heteroatoms. The predicted molar refractivity (Wildman–Crippen MR) is 129 cm³/mol. The molecule has 0 aliphatic heterocycles. The second-order valence-corrected chi connectivity index (χ2v) is 9.38. The molecule has 0 bridgehead atoms. The van der Waals surface area contributed by atoms with E-state index < -0.39 is 0 Å². The Hall–Kier alpha value is -3.69. The van der Waals surface area contributed by atoms with E-state index in [4.69, 9.17) is 0 Å². The Bertz CT molecular complexity index is 1630. The van der Waals surface area contributed by atoms with Crippen molar-refractivity contribution in [3.63, 3.8) is 0 Å². The third-order valence-electron chi connectivity index (χ3n) is 6.49. The molecule has 1 N–H and O–H groups in total. The number of thiophene rings is 1. The first kappa shape index (κ1) is 19.0. The minimum atomic E-state index is -0.0186. The number of benzene rings is 2. The first-order valence-corrected chi connectivity index (χ1v) is 11.6. The Balaban J connectivity index is 1.61. The second kappa shape index (κ2) is 7.18. The lowest BCUT2D eigenvalue weighted by molar-refractivity contribution is 0.671. The fraction of sp³-hybridized carbons (Fsp3) is 0.192. The molecule has 2 aromatic carbocycles. The van der Waals surface area contributed by atoms with Crippen molar-refractivity contribution in [2.45, 2.75) is 25.7 Å². The first-order chi connectivity index (χ1) is 15.7. The highest BCUT2D eigenvalue weighted by molar-refractivity contribution is 7.22. The summed E-state index contributed by atoms with van der Waals surface area (Å²) in [6.45, 7) is 0. The van der Waals surface area contributed by atoms with E-state index in [1.807, 2.05) is 48.3 Å². The van der Waals surface area contributed by atoms with Gasteiger partial charge in [0.1, 0.15) is 6.07 Å². The smallest absolute Gasteiger partial charge is 0.256 e. The number of nitriles is 1. The van der Waals surface area contributed by atoms with Crippen LogP contribution >= 0.6 is 11.3 Å². The van der Waals surface area contributed by atoms with Crippen molar-refractivity contribution >= 4 is 32.2 Å². The van der Waals surface area contributed by atoms with Crippen LogP contribution in [0.25, 0.3) is 42.6 Å². The van der Waals surface area contributed by atoms with E-state index in [2.05, 4.69) is 28.3 Å². The summed E-state index contributed by atoms with van der Waals surface area (Å²) in [6.07, 6.45) is 6.03. The van der Waals surface area contributed by atoms with Crippen LogP contribution in [-0.2, 0) is 19.9 Å². The number of hydrogen-bond acceptors (Lipinski definition) is 4. The molecule has 3 aromatic heterocycles. The number of aromatic amines is 1. The van der Waals surface area contributed by atoms with Gasteiger partial charge < -0.3 is 4.98 Å². The number of pyridine rings is 1. The number of H-pyrrole nitrogens is 1. The van der Waals surface area contributed by atoms with Crippen molar-refractivity contribution in [2.24, 2.45) is 7.05 Å². The zero-order valence-corrected chi connectivity index (χ0v) is 18.4. The summed E-state index contributed by atoms with van der Waals surface area (Å²) in [6, 6.07) is 16.5. The summed E-state index contributed by atoms with van der Waals surface area (Å²) in [7, 11) is 1.91.